The highest BCUT2D eigenvalue weighted by Crippen LogP contribution is 2.62. The molecule has 3 aliphatic rings. The molecule has 0 spiro atoms. The van der Waals surface area contributed by atoms with Crippen LogP contribution in [0.1, 0.15) is 110 Å². The fourth-order valence-electron chi connectivity index (χ4n) is 7.96. The SMILES string of the molecule is CCOc1ccc2c(c1)CC[C@@H]1[C@@H]2CC[C@]2(C)C([C@H](C)CCCCC(C)(C)N(C)CC)=CC[C@@H]12. The molecule has 0 bridgehead atoms. The lowest BCUT2D eigenvalue weighted by Gasteiger charge is -2.51. The van der Waals surface area contributed by atoms with E-state index in [-0.39, 0.29) is 0 Å². The maximum absolute atomic E-state index is 5.80. The van der Waals surface area contributed by atoms with Crippen molar-refractivity contribution in [1.29, 1.82) is 0 Å². The van der Waals surface area contributed by atoms with Gasteiger partial charge >= 0.3 is 0 Å². The van der Waals surface area contributed by atoms with Crippen LogP contribution in [-0.2, 0) is 6.42 Å². The van der Waals surface area contributed by atoms with Gasteiger partial charge in [-0.15, -0.1) is 0 Å². The van der Waals surface area contributed by atoms with E-state index in [4.69, 9.17) is 4.74 Å². The maximum atomic E-state index is 5.80. The summed E-state index contributed by atoms with van der Waals surface area (Å²) < 4.78 is 5.80. The van der Waals surface area contributed by atoms with Crippen molar-refractivity contribution < 1.29 is 4.74 Å². The van der Waals surface area contributed by atoms with Gasteiger partial charge in [-0.1, -0.05) is 51.3 Å². The molecule has 1 aromatic rings. The zero-order valence-corrected chi connectivity index (χ0v) is 23.3. The van der Waals surface area contributed by atoms with Gasteiger partial charge in [-0.05, 0) is 132 Å². The predicted molar refractivity (Wildman–Crippen MR) is 146 cm³/mol. The van der Waals surface area contributed by atoms with Crippen molar-refractivity contribution in [2.24, 2.45) is 23.2 Å². The van der Waals surface area contributed by atoms with E-state index < -0.39 is 0 Å². The van der Waals surface area contributed by atoms with Gasteiger partial charge in [0, 0.05) is 5.54 Å². The van der Waals surface area contributed by atoms with E-state index in [9.17, 15) is 0 Å². The summed E-state index contributed by atoms with van der Waals surface area (Å²) >= 11 is 0. The summed E-state index contributed by atoms with van der Waals surface area (Å²) in [6, 6.07) is 6.96. The van der Waals surface area contributed by atoms with Crippen LogP contribution in [0.25, 0.3) is 0 Å². The van der Waals surface area contributed by atoms with E-state index >= 15 is 0 Å². The Balaban J connectivity index is 1.37. The second kappa shape index (κ2) is 10.4. The van der Waals surface area contributed by atoms with E-state index in [1.165, 1.54) is 57.8 Å². The molecule has 2 heteroatoms. The van der Waals surface area contributed by atoms with Gasteiger partial charge in [0.2, 0.25) is 0 Å². The fourth-order valence-corrected chi connectivity index (χ4v) is 7.96. The number of nitrogens with zero attached hydrogens (tertiary/aromatic N) is 1. The number of aryl methyl sites for hydroxylation is 1. The molecule has 4 rings (SSSR count). The van der Waals surface area contributed by atoms with Crippen LogP contribution in [0.15, 0.2) is 29.8 Å². The minimum atomic E-state index is 0.320. The monoisotopic (exact) mass is 465 g/mol. The summed E-state index contributed by atoms with van der Waals surface area (Å²) in [5.41, 5.74) is 5.78. The molecule has 34 heavy (non-hydrogen) atoms. The van der Waals surface area contributed by atoms with Gasteiger partial charge in [0.15, 0.2) is 0 Å². The molecule has 0 unspecified atom stereocenters. The Morgan fingerprint density at radius 1 is 1.18 bits per heavy atom. The number of unbranched alkanes of at least 4 members (excludes halogenated alkanes) is 1. The van der Waals surface area contributed by atoms with Gasteiger partial charge in [0.25, 0.3) is 0 Å². The molecule has 5 atom stereocenters. The first kappa shape index (κ1) is 25.8. The normalized spacial score (nSPS) is 29.3. The van der Waals surface area contributed by atoms with Crippen LogP contribution in [0.3, 0.4) is 0 Å². The molecule has 1 aromatic carbocycles. The average Bonchev–Trinajstić information content (AvgIpc) is 3.18. The number of allylic oxidation sites excluding steroid dienone is 2. The van der Waals surface area contributed by atoms with Crippen LogP contribution in [-0.4, -0.2) is 30.6 Å². The number of ether oxygens (including phenoxy) is 1. The number of rotatable bonds is 10. The van der Waals surface area contributed by atoms with Crippen molar-refractivity contribution in [2.45, 2.75) is 111 Å². The molecule has 0 amide bonds. The van der Waals surface area contributed by atoms with Crippen molar-refractivity contribution in [3.63, 3.8) is 0 Å². The number of hydrogen-bond donors (Lipinski definition) is 0. The van der Waals surface area contributed by atoms with E-state index in [1.54, 1.807) is 11.1 Å². The molecule has 0 heterocycles. The third-order valence-electron chi connectivity index (χ3n) is 10.4. The van der Waals surface area contributed by atoms with E-state index in [0.717, 1.165) is 42.6 Å². The molecule has 1 fully saturated rings. The van der Waals surface area contributed by atoms with Crippen molar-refractivity contribution >= 4 is 0 Å². The van der Waals surface area contributed by atoms with Crippen molar-refractivity contribution in [3.05, 3.63) is 41.0 Å². The Morgan fingerprint density at radius 2 is 1.97 bits per heavy atom. The van der Waals surface area contributed by atoms with Crippen LogP contribution in [0, 0.1) is 23.2 Å². The van der Waals surface area contributed by atoms with Crippen molar-refractivity contribution in [1.82, 2.24) is 4.90 Å². The minimum Gasteiger partial charge on any atom is -0.494 e. The summed E-state index contributed by atoms with van der Waals surface area (Å²) in [6.07, 6.45) is 14.7. The summed E-state index contributed by atoms with van der Waals surface area (Å²) in [4.78, 5) is 2.50. The van der Waals surface area contributed by atoms with E-state index in [0.29, 0.717) is 11.0 Å². The van der Waals surface area contributed by atoms with Gasteiger partial charge < -0.3 is 9.64 Å². The molecule has 0 aromatic heterocycles. The van der Waals surface area contributed by atoms with Gasteiger partial charge in [0.1, 0.15) is 5.75 Å². The Hall–Kier alpha value is -1.28. The Bertz CT molecular complexity index is 870. The molecule has 2 nitrogen and oxygen atoms in total. The predicted octanol–water partition coefficient (Wildman–Crippen LogP) is 8.40. The first-order valence-corrected chi connectivity index (χ1v) is 14.4. The first-order chi connectivity index (χ1) is 16.2. The first-order valence-electron chi connectivity index (χ1n) is 14.4. The number of benzene rings is 1. The highest BCUT2D eigenvalue weighted by atomic mass is 16.5. The van der Waals surface area contributed by atoms with E-state index in [2.05, 4.69) is 77.8 Å². The Labute approximate surface area is 210 Å². The second-order valence-corrected chi connectivity index (χ2v) is 12.5. The molecule has 3 aliphatic carbocycles. The van der Waals surface area contributed by atoms with Crippen LogP contribution >= 0.6 is 0 Å². The highest BCUT2D eigenvalue weighted by molar-refractivity contribution is 5.41. The van der Waals surface area contributed by atoms with Gasteiger partial charge in [-0.25, -0.2) is 0 Å². The topological polar surface area (TPSA) is 12.5 Å². The highest BCUT2D eigenvalue weighted by Gasteiger charge is 2.52. The third-order valence-corrected chi connectivity index (χ3v) is 10.4. The van der Waals surface area contributed by atoms with Crippen LogP contribution < -0.4 is 4.74 Å². The summed E-state index contributed by atoms with van der Waals surface area (Å²) in [7, 11) is 2.27. The van der Waals surface area contributed by atoms with E-state index in [1.807, 2.05) is 5.57 Å². The van der Waals surface area contributed by atoms with Gasteiger partial charge in [0.05, 0.1) is 6.61 Å². The Morgan fingerprint density at radius 3 is 2.71 bits per heavy atom. The second-order valence-electron chi connectivity index (χ2n) is 12.5. The molecule has 0 N–H and O–H groups in total. The lowest BCUT2D eigenvalue weighted by molar-refractivity contribution is 0.0686. The van der Waals surface area contributed by atoms with Gasteiger partial charge in [-0.2, -0.15) is 0 Å². The standard InChI is InChI=1S/C32H51NO/c1-8-33(7)31(4,5)20-11-10-12-23(3)29-17-18-30-28-15-13-24-22-25(34-9-2)14-16-26(24)27(28)19-21-32(29,30)6/h14,16-17,22-23,27-28,30H,8-13,15,18-21H2,1-7H3/t23-,27-,28-,30+,32-/m1/s1. The molecular formula is C32H51NO. The van der Waals surface area contributed by atoms with Crippen LogP contribution in [0.2, 0.25) is 0 Å². The summed E-state index contributed by atoms with van der Waals surface area (Å²) in [5, 5.41) is 0. The average molecular weight is 466 g/mol. The van der Waals surface area contributed by atoms with Crippen LogP contribution in [0.5, 0.6) is 5.75 Å². The van der Waals surface area contributed by atoms with Crippen LogP contribution in [0.4, 0.5) is 0 Å². The summed E-state index contributed by atoms with van der Waals surface area (Å²) in [6.45, 7) is 16.2. The van der Waals surface area contributed by atoms with Gasteiger partial charge in [-0.3, -0.25) is 0 Å². The molecule has 190 valence electrons. The molecule has 1 saturated carbocycles. The molecule has 0 radical (unpaired) electrons. The Kier molecular flexibility index (Phi) is 7.87. The van der Waals surface area contributed by atoms with Crippen molar-refractivity contribution in [2.75, 3.05) is 20.2 Å². The zero-order chi connectivity index (χ0) is 24.5. The fraction of sp³-hybridized carbons (Fsp3) is 0.750. The zero-order valence-electron chi connectivity index (χ0n) is 23.3. The smallest absolute Gasteiger partial charge is 0.119 e. The lowest BCUT2D eigenvalue weighted by atomic mass is 9.53. The lowest BCUT2D eigenvalue weighted by Crippen LogP contribution is -2.42. The summed E-state index contributed by atoms with van der Waals surface area (Å²) in [5.74, 6) is 4.27. The maximum Gasteiger partial charge on any atom is 0.119 e. The van der Waals surface area contributed by atoms with Crippen molar-refractivity contribution in [3.8, 4) is 5.75 Å². The quantitative estimate of drug-likeness (QED) is 0.254. The largest absolute Gasteiger partial charge is 0.494 e. The number of hydrogen-bond acceptors (Lipinski definition) is 2. The molecule has 0 aliphatic heterocycles. The molecular weight excluding hydrogens is 414 g/mol. The minimum absolute atomic E-state index is 0.320. The molecule has 0 saturated heterocycles. The number of fused-ring (bicyclic) bond motifs is 5. The third kappa shape index (κ3) is 4.86.